The zero-order valence-corrected chi connectivity index (χ0v) is 26.5. The third kappa shape index (κ3) is 8.14. The third-order valence-electron chi connectivity index (χ3n) is 8.13. The number of carbonyl (C=O) groups excluding carboxylic acids is 2. The number of hydrogen-bond donors (Lipinski definition) is 3. The van der Waals surface area contributed by atoms with E-state index in [1.165, 1.54) is 15.6 Å². The summed E-state index contributed by atoms with van der Waals surface area (Å²) in [5.74, 6) is 0.602. The molecule has 2 amide bonds. The topological polar surface area (TPSA) is 117 Å². The van der Waals surface area contributed by atoms with Crippen LogP contribution < -0.4 is 20.7 Å². The van der Waals surface area contributed by atoms with Crippen LogP contribution in [-0.2, 0) is 14.8 Å². The predicted octanol–water partition coefficient (Wildman–Crippen LogP) is 4.39. The molecule has 2 aliphatic heterocycles. The van der Waals surface area contributed by atoms with Gasteiger partial charge in [0.05, 0.1) is 9.77 Å². The van der Waals surface area contributed by atoms with Crippen LogP contribution in [0.1, 0.15) is 55.6 Å². The van der Waals surface area contributed by atoms with E-state index in [2.05, 4.69) is 16.0 Å². The van der Waals surface area contributed by atoms with E-state index in [1.54, 1.807) is 24.3 Å². The van der Waals surface area contributed by atoms with Crippen molar-refractivity contribution >= 4 is 43.3 Å². The molecule has 5 rings (SSSR count). The maximum atomic E-state index is 13.3. The average molecular weight is 627 g/mol. The molecule has 0 spiro atoms. The molecule has 232 valence electrons. The summed E-state index contributed by atoms with van der Waals surface area (Å²) in [6.45, 7) is 7.20. The molecule has 2 fully saturated rings. The summed E-state index contributed by atoms with van der Waals surface area (Å²) in [6, 6.07) is 15.8. The van der Waals surface area contributed by atoms with Crippen molar-refractivity contribution in [2.75, 3.05) is 32.7 Å². The van der Waals surface area contributed by atoms with Gasteiger partial charge in [-0.1, -0.05) is 32.0 Å². The van der Waals surface area contributed by atoms with Crippen molar-refractivity contribution in [3.05, 3.63) is 59.5 Å². The van der Waals surface area contributed by atoms with Crippen molar-refractivity contribution in [2.24, 2.45) is 11.8 Å². The van der Waals surface area contributed by atoms with Crippen molar-refractivity contribution in [1.29, 1.82) is 0 Å². The Morgan fingerprint density at radius 1 is 1.07 bits per heavy atom. The van der Waals surface area contributed by atoms with Gasteiger partial charge >= 0.3 is 0 Å². The van der Waals surface area contributed by atoms with Gasteiger partial charge < -0.3 is 20.7 Å². The molecule has 9 nitrogen and oxygen atoms in total. The number of fused-ring (bicyclic) bond motifs is 1. The third-order valence-corrected chi connectivity index (χ3v) is 11.1. The van der Waals surface area contributed by atoms with Crippen LogP contribution >= 0.6 is 11.3 Å². The molecule has 0 radical (unpaired) electrons. The number of benzene rings is 2. The van der Waals surface area contributed by atoms with Crippen LogP contribution in [0.2, 0.25) is 0 Å². The monoisotopic (exact) mass is 626 g/mol. The first-order valence-corrected chi connectivity index (χ1v) is 17.5. The Balaban J connectivity index is 1.10. The van der Waals surface area contributed by atoms with E-state index in [0.717, 1.165) is 42.4 Å². The Morgan fingerprint density at radius 2 is 1.81 bits per heavy atom. The molecule has 3 heterocycles. The minimum Gasteiger partial charge on any atom is -0.490 e. The summed E-state index contributed by atoms with van der Waals surface area (Å²) in [5.41, 5.74) is 0. The molecular weight excluding hydrogens is 585 g/mol. The van der Waals surface area contributed by atoms with Crippen molar-refractivity contribution in [2.45, 2.75) is 63.0 Å². The van der Waals surface area contributed by atoms with Crippen molar-refractivity contribution in [1.82, 2.24) is 20.3 Å². The van der Waals surface area contributed by atoms with Crippen LogP contribution in [0.3, 0.4) is 0 Å². The van der Waals surface area contributed by atoms with E-state index >= 15 is 0 Å². The molecule has 0 bridgehead atoms. The highest BCUT2D eigenvalue weighted by molar-refractivity contribution is 7.89. The molecule has 0 saturated carbocycles. The maximum absolute atomic E-state index is 13.3. The van der Waals surface area contributed by atoms with E-state index in [0.29, 0.717) is 43.1 Å². The molecule has 0 unspecified atom stereocenters. The molecule has 2 atom stereocenters. The van der Waals surface area contributed by atoms with Gasteiger partial charge in [-0.3, -0.25) is 9.59 Å². The van der Waals surface area contributed by atoms with Gasteiger partial charge in [-0.2, -0.15) is 4.31 Å². The minimum atomic E-state index is -3.61. The van der Waals surface area contributed by atoms with Gasteiger partial charge in [0.2, 0.25) is 15.9 Å². The summed E-state index contributed by atoms with van der Waals surface area (Å²) in [5, 5.41) is 10.2. The van der Waals surface area contributed by atoms with Crippen LogP contribution in [0.15, 0.2) is 59.5 Å². The minimum absolute atomic E-state index is 0.147. The summed E-state index contributed by atoms with van der Waals surface area (Å²) >= 11 is 1.41. The Morgan fingerprint density at radius 3 is 2.53 bits per heavy atom. The quantitative estimate of drug-likeness (QED) is 0.275. The number of rotatable bonds is 12. The van der Waals surface area contributed by atoms with Gasteiger partial charge in [-0.25, -0.2) is 8.42 Å². The molecule has 2 aromatic carbocycles. The summed E-state index contributed by atoms with van der Waals surface area (Å²) in [6.07, 6.45) is 3.97. The second-order valence-electron chi connectivity index (χ2n) is 11.9. The lowest BCUT2D eigenvalue weighted by molar-refractivity contribution is -0.123. The molecule has 3 N–H and O–H groups in total. The number of carbonyl (C=O) groups is 2. The van der Waals surface area contributed by atoms with Crippen LogP contribution in [0, 0.1) is 11.8 Å². The first-order chi connectivity index (χ1) is 20.7. The molecule has 1 aromatic heterocycles. The Hall–Kier alpha value is -2.99. The van der Waals surface area contributed by atoms with E-state index in [9.17, 15) is 18.0 Å². The van der Waals surface area contributed by atoms with E-state index in [-0.39, 0.29) is 34.6 Å². The molecule has 2 saturated heterocycles. The fraction of sp³-hybridized carbons (Fsp3) is 0.500. The van der Waals surface area contributed by atoms with Crippen LogP contribution in [-0.4, -0.2) is 69.4 Å². The van der Waals surface area contributed by atoms with Crippen LogP contribution in [0.25, 0.3) is 10.1 Å². The van der Waals surface area contributed by atoms with E-state index in [4.69, 9.17) is 4.74 Å². The summed E-state index contributed by atoms with van der Waals surface area (Å²) in [4.78, 5) is 27.0. The fourth-order valence-corrected chi connectivity index (χ4v) is 8.24. The van der Waals surface area contributed by atoms with Crippen LogP contribution in [0.4, 0.5) is 0 Å². The van der Waals surface area contributed by atoms with Crippen molar-refractivity contribution in [3.63, 3.8) is 0 Å². The average Bonchev–Trinajstić information content (AvgIpc) is 3.65. The molecule has 2 aliphatic rings. The SMILES string of the molecule is CC(C)C[C@H](NC(=O)c1cc2ccccc2s1)C(=O)NCC[C@@H]1CCN(S(=O)(=O)c2ccc(OC3CCNCC3)cc2)C1. The van der Waals surface area contributed by atoms with Crippen molar-refractivity contribution in [3.8, 4) is 5.75 Å². The van der Waals surface area contributed by atoms with Gasteiger partial charge in [-0.15, -0.1) is 11.3 Å². The highest BCUT2D eigenvalue weighted by Crippen LogP contribution is 2.28. The number of thiophene rings is 1. The lowest BCUT2D eigenvalue weighted by Crippen LogP contribution is -2.47. The Labute approximate surface area is 258 Å². The van der Waals surface area contributed by atoms with E-state index in [1.807, 2.05) is 44.2 Å². The smallest absolute Gasteiger partial charge is 0.262 e. The number of amides is 2. The van der Waals surface area contributed by atoms with Gasteiger partial charge in [0, 0.05) is 24.3 Å². The normalized spacial score (nSPS) is 19.0. The molecule has 11 heteroatoms. The highest BCUT2D eigenvalue weighted by Gasteiger charge is 2.33. The van der Waals surface area contributed by atoms with Crippen molar-refractivity contribution < 1.29 is 22.7 Å². The number of hydrogen-bond acceptors (Lipinski definition) is 7. The number of nitrogens with zero attached hydrogens (tertiary/aromatic N) is 1. The van der Waals surface area contributed by atoms with Gasteiger partial charge in [0.25, 0.3) is 5.91 Å². The first-order valence-electron chi connectivity index (χ1n) is 15.2. The number of ether oxygens (including phenoxy) is 1. The maximum Gasteiger partial charge on any atom is 0.262 e. The zero-order chi connectivity index (χ0) is 30.4. The Bertz CT molecular complexity index is 1470. The van der Waals surface area contributed by atoms with Gasteiger partial charge in [0.1, 0.15) is 17.9 Å². The molecule has 3 aromatic rings. The molecule has 0 aliphatic carbocycles. The summed E-state index contributed by atoms with van der Waals surface area (Å²) < 4.78 is 35.2. The van der Waals surface area contributed by atoms with Gasteiger partial charge in [0.15, 0.2) is 0 Å². The fourth-order valence-electron chi connectivity index (χ4n) is 5.74. The number of nitrogens with one attached hydrogen (secondary N) is 3. The first kappa shape index (κ1) is 31.4. The molecule has 43 heavy (non-hydrogen) atoms. The number of piperidine rings is 1. The molecular formula is C32H42N4O5S2. The number of sulfonamides is 1. The second-order valence-corrected chi connectivity index (χ2v) is 15.0. The zero-order valence-electron chi connectivity index (χ0n) is 24.9. The summed E-state index contributed by atoms with van der Waals surface area (Å²) in [7, 11) is -3.61. The standard InChI is InChI=1S/C32H42N4O5S2/c1-22(2)19-28(35-32(38)30-20-24-5-3-4-6-29(24)42-30)31(37)34-17-11-23-14-18-36(21-23)43(39,40)27-9-7-25(8-10-27)41-26-12-15-33-16-13-26/h3-10,20,22-23,26,28,33H,11-19,21H2,1-2H3,(H,34,37)(H,35,38)/t23-,28+/m1/s1. The second kappa shape index (κ2) is 14.2. The van der Waals surface area contributed by atoms with Gasteiger partial charge in [-0.05, 0) is 98.8 Å². The highest BCUT2D eigenvalue weighted by atomic mass is 32.2. The lowest BCUT2D eigenvalue weighted by Gasteiger charge is -2.24. The Kier molecular flexibility index (Phi) is 10.4. The lowest BCUT2D eigenvalue weighted by atomic mass is 10.0. The van der Waals surface area contributed by atoms with E-state index < -0.39 is 16.1 Å². The predicted molar refractivity (Wildman–Crippen MR) is 170 cm³/mol. The van der Waals surface area contributed by atoms with Crippen LogP contribution in [0.5, 0.6) is 5.75 Å². The largest absolute Gasteiger partial charge is 0.490 e.